The number of hydrogen-bond donors (Lipinski definition) is 1. The summed E-state index contributed by atoms with van der Waals surface area (Å²) in [4.78, 5) is -0.197. The Balaban J connectivity index is 2.72. The molecule has 0 radical (unpaired) electrons. The Morgan fingerprint density at radius 1 is 0.941 bits per heavy atom. The lowest BCUT2D eigenvalue weighted by molar-refractivity contribution is 0.456. The van der Waals surface area contributed by atoms with Crippen molar-refractivity contribution in [1.29, 1.82) is 0 Å². The molecule has 2 aromatic rings. The third-order valence-electron chi connectivity index (χ3n) is 2.26. The Bertz CT molecular complexity index is 638. The minimum Gasteiger partial charge on any atom is -0.768 e. The van der Waals surface area contributed by atoms with Crippen molar-refractivity contribution < 1.29 is 22.6 Å². The molecule has 1 N–H and O–H groups in total. The van der Waals surface area contributed by atoms with Crippen molar-refractivity contribution >= 4 is 32.9 Å². The van der Waals surface area contributed by atoms with E-state index >= 15 is 0 Å². The lowest BCUT2D eigenvalue weighted by atomic mass is 10.1. The summed E-state index contributed by atoms with van der Waals surface area (Å²) in [5.41, 5.74) is 0. The van der Waals surface area contributed by atoms with Gasteiger partial charge in [-0.05, 0) is 57.2 Å². The molecule has 2 aromatic carbocycles. The number of phenols is 1. The van der Waals surface area contributed by atoms with Crippen molar-refractivity contribution in [2.45, 2.75) is 9.79 Å². The van der Waals surface area contributed by atoms with Crippen molar-refractivity contribution in [3.05, 3.63) is 30.3 Å². The predicted octanol–water partition coefficient (Wildman–Crippen LogP) is 1.02. The maximum absolute atomic E-state index is 10.8. The average molecular weight is 270 g/mol. The molecule has 2 unspecified atom stereocenters. The van der Waals surface area contributed by atoms with Gasteiger partial charge in [-0.25, -0.2) is 0 Å². The van der Waals surface area contributed by atoms with Gasteiger partial charge in [-0.3, -0.25) is 8.42 Å². The molecule has 0 aromatic heterocycles. The van der Waals surface area contributed by atoms with Crippen LogP contribution in [-0.4, -0.2) is 22.6 Å². The molecular weight excluding hydrogens is 264 g/mol. The smallest absolute Gasteiger partial charge is 0.131 e. The van der Waals surface area contributed by atoms with E-state index in [0.717, 1.165) is 0 Å². The fourth-order valence-electron chi connectivity index (χ4n) is 1.48. The Labute approximate surface area is 102 Å². The standard InChI is InChI=1S/C10H8O5S2/c11-9-4-6-1-2-8(16(12)13)3-7(6)5-10(9)17(14)15/h1-5,11H,(H,12,13)(H,14,15)/p-2. The van der Waals surface area contributed by atoms with Crippen LogP contribution in [0.1, 0.15) is 0 Å². The molecule has 0 aliphatic carbocycles. The van der Waals surface area contributed by atoms with Gasteiger partial charge in [0, 0.05) is 4.90 Å². The first-order valence-corrected chi connectivity index (χ1v) is 6.59. The maximum Gasteiger partial charge on any atom is 0.131 e. The van der Waals surface area contributed by atoms with Crippen LogP contribution in [0.15, 0.2) is 40.1 Å². The number of rotatable bonds is 2. The summed E-state index contributed by atoms with van der Waals surface area (Å²) in [5.74, 6) is -0.359. The molecule has 0 aliphatic heterocycles. The van der Waals surface area contributed by atoms with Crippen LogP contribution in [0.3, 0.4) is 0 Å². The molecule has 5 nitrogen and oxygen atoms in total. The fourth-order valence-corrected chi connectivity index (χ4v) is 2.34. The summed E-state index contributed by atoms with van der Waals surface area (Å²) in [5, 5.41) is 10.4. The van der Waals surface area contributed by atoms with E-state index in [4.69, 9.17) is 0 Å². The summed E-state index contributed by atoms with van der Waals surface area (Å²) in [6.45, 7) is 0. The second kappa shape index (κ2) is 4.53. The van der Waals surface area contributed by atoms with Gasteiger partial charge in [0.25, 0.3) is 0 Å². The molecule has 0 amide bonds. The van der Waals surface area contributed by atoms with E-state index in [1.54, 1.807) is 0 Å². The Kier molecular flexibility index (Phi) is 3.25. The largest absolute Gasteiger partial charge is 0.768 e. The van der Waals surface area contributed by atoms with Gasteiger partial charge in [-0.2, -0.15) is 0 Å². The number of aromatic hydroxyl groups is 1. The molecule has 0 heterocycles. The second-order valence-electron chi connectivity index (χ2n) is 3.30. The molecule has 7 heteroatoms. The summed E-state index contributed by atoms with van der Waals surface area (Å²) < 4.78 is 43.1. The van der Waals surface area contributed by atoms with E-state index in [1.807, 2.05) is 0 Å². The van der Waals surface area contributed by atoms with E-state index in [2.05, 4.69) is 0 Å². The zero-order valence-electron chi connectivity index (χ0n) is 8.28. The second-order valence-corrected chi connectivity index (χ2v) is 5.15. The van der Waals surface area contributed by atoms with Crippen LogP contribution in [0.4, 0.5) is 0 Å². The average Bonchev–Trinajstić information content (AvgIpc) is 2.27. The van der Waals surface area contributed by atoms with Gasteiger partial charge in [0.1, 0.15) is 5.75 Å². The van der Waals surface area contributed by atoms with E-state index in [1.165, 1.54) is 30.3 Å². The van der Waals surface area contributed by atoms with Crippen molar-refractivity contribution in [2.24, 2.45) is 0 Å². The zero-order valence-corrected chi connectivity index (χ0v) is 9.92. The Hall–Kier alpha value is -1.28. The fraction of sp³-hybridized carbons (Fsp3) is 0. The van der Waals surface area contributed by atoms with Crippen LogP contribution in [0.2, 0.25) is 0 Å². The summed E-state index contributed by atoms with van der Waals surface area (Å²) in [7, 11) is 0. The monoisotopic (exact) mass is 270 g/mol. The third-order valence-corrected chi connectivity index (χ3v) is 3.59. The molecule has 0 bridgehead atoms. The van der Waals surface area contributed by atoms with Crippen LogP contribution in [0.5, 0.6) is 5.75 Å². The van der Waals surface area contributed by atoms with Crippen LogP contribution >= 0.6 is 0 Å². The number of phenolic OH excluding ortho intramolecular Hbond substituents is 1. The topological polar surface area (TPSA) is 100 Å². The normalized spacial score (nSPS) is 14.7. The highest BCUT2D eigenvalue weighted by molar-refractivity contribution is 7.79. The van der Waals surface area contributed by atoms with Gasteiger partial charge >= 0.3 is 0 Å². The quantitative estimate of drug-likeness (QED) is 0.821. The van der Waals surface area contributed by atoms with Gasteiger partial charge in [-0.15, -0.1) is 0 Å². The van der Waals surface area contributed by atoms with Crippen LogP contribution in [0.25, 0.3) is 10.8 Å². The SMILES string of the molecule is O=S([O-])c1ccc2cc(O)c(S(=O)[O-])cc2c1. The van der Waals surface area contributed by atoms with Gasteiger partial charge in [-0.1, -0.05) is 6.07 Å². The summed E-state index contributed by atoms with van der Waals surface area (Å²) >= 11 is -4.94. The molecule has 0 saturated heterocycles. The first kappa shape index (κ1) is 12.2. The van der Waals surface area contributed by atoms with E-state index in [9.17, 15) is 22.6 Å². The van der Waals surface area contributed by atoms with Gasteiger partial charge in [0.05, 0.1) is 4.90 Å². The summed E-state index contributed by atoms with van der Waals surface area (Å²) in [6, 6.07) is 6.72. The van der Waals surface area contributed by atoms with Crippen LogP contribution in [0, 0.1) is 0 Å². The highest BCUT2D eigenvalue weighted by atomic mass is 32.2. The first-order valence-electron chi connectivity index (χ1n) is 4.44. The minimum absolute atomic E-state index is 0.0609. The molecule has 90 valence electrons. The molecule has 2 atom stereocenters. The highest BCUT2D eigenvalue weighted by Gasteiger charge is 2.05. The summed E-state index contributed by atoms with van der Waals surface area (Å²) in [6.07, 6.45) is 0. The molecular formula is C10H6O5S2-2. The molecule has 0 fully saturated rings. The van der Waals surface area contributed by atoms with Crippen LogP contribution < -0.4 is 0 Å². The molecule has 0 saturated carbocycles. The van der Waals surface area contributed by atoms with Gasteiger partial charge in [0.2, 0.25) is 0 Å². The van der Waals surface area contributed by atoms with E-state index in [0.29, 0.717) is 10.8 Å². The third kappa shape index (κ3) is 2.37. The van der Waals surface area contributed by atoms with Crippen molar-refractivity contribution in [2.75, 3.05) is 0 Å². The minimum atomic E-state index is -2.57. The molecule has 2 rings (SSSR count). The number of hydrogen-bond acceptors (Lipinski definition) is 5. The van der Waals surface area contributed by atoms with Crippen molar-refractivity contribution in [3.63, 3.8) is 0 Å². The first-order chi connectivity index (χ1) is 7.99. The Morgan fingerprint density at radius 3 is 2.24 bits per heavy atom. The van der Waals surface area contributed by atoms with Crippen LogP contribution in [-0.2, 0) is 22.2 Å². The lowest BCUT2D eigenvalue weighted by Crippen LogP contribution is -1.92. The molecule has 17 heavy (non-hydrogen) atoms. The van der Waals surface area contributed by atoms with Gasteiger partial charge in [0.15, 0.2) is 0 Å². The molecule has 0 aliphatic rings. The molecule has 0 spiro atoms. The van der Waals surface area contributed by atoms with Crippen molar-refractivity contribution in [3.8, 4) is 5.75 Å². The highest BCUT2D eigenvalue weighted by Crippen LogP contribution is 2.28. The van der Waals surface area contributed by atoms with E-state index < -0.39 is 22.2 Å². The van der Waals surface area contributed by atoms with E-state index in [-0.39, 0.29) is 15.5 Å². The number of fused-ring (bicyclic) bond motifs is 1. The van der Waals surface area contributed by atoms with Crippen molar-refractivity contribution in [1.82, 2.24) is 0 Å². The van der Waals surface area contributed by atoms with Gasteiger partial charge < -0.3 is 14.2 Å². The predicted molar refractivity (Wildman–Crippen MR) is 60.0 cm³/mol. The zero-order chi connectivity index (χ0) is 12.6. The maximum atomic E-state index is 10.8. The number of benzene rings is 2. The Morgan fingerprint density at radius 2 is 1.65 bits per heavy atom. The lowest BCUT2D eigenvalue weighted by Gasteiger charge is -2.11.